The quantitative estimate of drug-likeness (QED) is 0.666. The SMILES string of the molecule is CC#CCn1cccc1C(=O)O. The van der Waals surface area contributed by atoms with Crippen LogP contribution in [-0.2, 0) is 6.54 Å². The monoisotopic (exact) mass is 163 g/mol. The number of nitrogens with zero attached hydrogens (tertiary/aromatic N) is 1. The van der Waals surface area contributed by atoms with E-state index in [4.69, 9.17) is 5.11 Å². The van der Waals surface area contributed by atoms with Gasteiger partial charge in [0.25, 0.3) is 0 Å². The van der Waals surface area contributed by atoms with E-state index in [9.17, 15) is 4.79 Å². The molecule has 0 unspecified atom stereocenters. The van der Waals surface area contributed by atoms with Crippen molar-refractivity contribution in [1.82, 2.24) is 4.57 Å². The Balaban J connectivity index is 2.89. The lowest BCUT2D eigenvalue weighted by atomic mass is 10.4. The molecule has 0 bridgehead atoms. The van der Waals surface area contributed by atoms with Crippen molar-refractivity contribution in [1.29, 1.82) is 0 Å². The lowest BCUT2D eigenvalue weighted by Crippen LogP contribution is -2.06. The lowest BCUT2D eigenvalue weighted by molar-refractivity contribution is 0.0686. The summed E-state index contributed by atoms with van der Waals surface area (Å²) in [5, 5.41) is 8.68. The summed E-state index contributed by atoms with van der Waals surface area (Å²) in [6.07, 6.45) is 1.70. The van der Waals surface area contributed by atoms with E-state index < -0.39 is 5.97 Å². The summed E-state index contributed by atoms with van der Waals surface area (Å²) in [4.78, 5) is 10.6. The molecule has 0 saturated heterocycles. The highest BCUT2D eigenvalue weighted by molar-refractivity contribution is 5.85. The Kier molecular flexibility index (Phi) is 2.54. The molecule has 0 aromatic carbocycles. The summed E-state index contributed by atoms with van der Waals surface area (Å²) in [6.45, 7) is 2.16. The fourth-order valence-corrected chi connectivity index (χ4v) is 0.910. The van der Waals surface area contributed by atoms with Gasteiger partial charge in [-0.05, 0) is 19.1 Å². The second-order valence-corrected chi connectivity index (χ2v) is 2.25. The van der Waals surface area contributed by atoms with Gasteiger partial charge in [-0.3, -0.25) is 0 Å². The van der Waals surface area contributed by atoms with Gasteiger partial charge in [0.05, 0.1) is 6.54 Å². The third kappa shape index (κ3) is 1.67. The number of carbonyl (C=O) groups is 1. The van der Waals surface area contributed by atoms with Gasteiger partial charge in [0.2, 0.25) is 0 Å². The first-order chi connectivity index (χ1) is 5.75. The van der Waals surface area contributed by atoms with Crippen LogP contribution in [0.1, 0.15) is 17.4 Å². The van der Waals surface area contributed by atoms with E-state index in [0.29, 0.717) is 6.54 Å². The Morgan fingerprint density at radius 3 is 3.08 bits per heavy atom. The second kappa shape index (κ2) is 3.63. The summed E-state index contributed by atoms with van der Waals surface area (Å²) in [5.41, 5.74) is 0.276. The standard InChI is InChI=1S/C9H9NO2/c1-2-3-6-10-7-4-5-8(10)9(11)12/h4-5,7H,6H2,1H3,(H,11,12). The van der Waals surface area contributed by atoms with Gasteiger partial charge in [-0.2, -0.15) is 0 Å². The average Bonchev–Trinajstić information content (AvgIpc) is 2.48. The van der Waals surface area contributed by atoms with Crippen LogP contribution in [0.15, 0.2) is 18.3 Å². The molecule has 1 rings (SSSR count). The highest BCUT2D eigenvalue weighted by Gasteiger charge is 2.06. The van der Waals surface area contributed by atoms with E-state index in [-0.39, 0.29) is 5.69 Å². The fraction of sp³-hybridized carbons (Fsp3) is 0.222. The van der Waals surface area contributed by atoms with Gasteiger partial charge in [-0.25, -0.2) is 4.79 Å². The molecule has 0 radical (unpaired) electrons. The van der Waals surface area contributed by atoms with Crippen molar-refractivity contribution < 1.29 is 9.90 Å². The van der Waals surface area contributed by atoms with Crippen LogP contribution in [0.5, 0.6) is 0 Å². The molecule has 0 aliphatic rings. The van der Waals surface area contributed by atoms with Gasteiger partial charge in [-0.1, -0.05) is 5.92 Å². The summed E-state index contributed by atoms with van der Waals surface area (Å²) >= 11 is 0. The van der Waals surface area contributed by atoms with Crippen LogP contribution in [0, 0.1) is 11.8 Å². The molecule has 0 aliphatic heterocycles. The van der Waals surface area contributed by atoms with Crippen molar-refractivity contribution in [2.45, 2.75) is 13.5 Å². The van der Waals surface area contributed by atoms with Gasteiger partial charge in [0, 0.05) is 6.20 Å². The molecular weight excluding hydrogens is 154 g/mol. The average molecular weight is 163 g/mol. The van der Waals surface area contributed by atoms with Crippen LogP contribution in [0.4, 0.5) is 0 Å². The van der Waals surface area contributed by atoms with Crippen molar-refractivity contribution in [3.63, 3.8) is 0 Å². The minimum atomic E-state index is -0.919. The number of aromatic carboxylic acids is 1. The highest BCUT2D eigenvalue weighted by atomic mass is 16.4. The number of hydrogen-bond acceptors (Lipinski definition) is 1. The number of carboxylic acids is 1. The van der Waals surface area contributed by atoms with Crippen molar-refractivity contribution in [2.24, 2.45) is 0 Å². The molecule has 0 amide bonds. The molecule has 1 N–H and O–H groups in total. The largest absolute Gasteiger partial charge is 0.477 e. The van der Waals surface area contributed by atoms with Crippen molar-refractivity contribution in [3.8, 4) is 11.8 Å². The molecule has 1 aromatic rings. The van der Waals surface area contributed by atoms with Gasteiger partial charge in [-0.15, -0.1) is 5.92 Å². The summed E-state index contributed by atoms with van der Waals surface area (Å²) in [5.74, 6) is 4.59. The van der Waals surface area contributed by atoms with Crippen LogP contribution in [0.25, 0.3) is 0 Å². The maximum absolute atomic E-state index is 10.6. The molecule has 1 aromatic heterocycles. The molecule has 0 fully saturated rings. The van der Waals surface area contributed by atoms with Crippen molar-refractivity contribution in [2.75, 3.05) is 0 Å². The van der Waals surface area contributed by atoms with E-state index in [1.807, 2.05) is 0 Å². The Bertz CT molecular complexity index is 341. The zero-order valence-electron chi connectivity index (χ0n) is 6.74. The van der Waals surface area contributed by atoms with E-state index in [1.165, 1.54) is 0 Å². The third-order valence-electron chi connectivity index (χ3n) is 1.47. The first-order valence-corrected chi connectivity index (χ1v) is 3.53. The zero-order valence-corrected chi connectivity index (χ0v) is 6.74. The second-order valence-electron chi connectivity index (χ2n) is 2.25. The molecule has 0 spiro atoms. The maximum atomic E-state index is 10.6. The Morgan fingerprint density at radius 2 is 2.50 bits per heavy atom. The van der Waals surface area contributed by atoms with Gasteiger partial charge in [0.15, 0.2) is 0 Å². The minimum absolute atomic E-state index is 0.276. The van der Waals surface area contributed by atoms with E-state index in [1.54, 1.807) is 29.8 Å². The van der Waals surface area contributed by atoms with Gasteiger partial charge >= 0.3 is 5.97 Å². The number of hydrogen-bond donors (Lipinski definition) is 1. The van der Waals surface area contributed by atoms with Crippen LogP contribution in [-0.4, -0.2) is 15.6 Å². The summed E-state index contributed by atoms with van der Waals surface area (Å²) in [7, 11) is 0. The highest BCUT2D eigenvalue weighted by Crippen LogP contribution is 2.00. The topological polar surface area (TPSA) is 42.2 Å². The molecule has 1 heterocycles. The first-order valence-electron chi connectivity index (χ1n) is 3.53. The minimum Gasteiger partial charge on any atom is -0.477 e. The van der Waals surface area contributed by atoms with Crippen LogP contribution >= 0.6 is 0 Å². The normalized spacial score (nSPS) is 8.75. The Labute approximate surface area is 70.6 Å². The Hall–Kier alpha value is -1.69. The molecule has 3 heteroatoms. The van der Waals surface area contributed by atoms with Crippen LogP contribution in [0.3, 0.4) is 0 Å². The molecule has 0 atom stereocenters. The van der Waals surface area contributed by atoms with Crippen molar-refractivity contribution in [3.05, 3.63) is 24.0 Å². The van der Waals surface area contributed by atoms with E-state index >= 15 is 0 Å². The fourth-order valence-electron chi connectivity index (χ4n) is 0.910. The predicted molar refractivity (Wildman–Crippen MR) is 44.8 cm³/mol. The number of aromatic nitrogens is 1. The molecule has 3 nitrogen and oxygen atoms in total. The number of carboxylic acid groups (broad SMARTS) is 1. The van der Waals surface area contributed by atoms with Gasteiger partial charge in [0.1, 0.15) is 5.69 Å². The maximum Gasteiger partial charge on any atom is 0.352 e. The van der Waals surface area contributed by atoms with Crippen LogP contribution in [0.2, 0.25) is 0 Å². The zero-order chi connectivity index (χ0) is 8.97. The third-order valence-corrected chi connectivity index (χ3v) is 1.47. The predicted octanol–water partition coefficient (Wildman–Crippen LogP) is 1.21. The van der Waals surface area contributed by atoms with Crippen molar-refractivity contribution >= 4 is 5.97 Å². The van der Waals surface area contributed by atoms with Gasteiger partial charge < -0.3 is 9.67 Å². The molecular formula is C9H9NO2. The summed E-state index contributed by atoms with van der Waals surface area (Å²) in [6, 6.07) is 3.25. The number of rotatable bonds is 2. The lowest BCUT2D eigenvalue weighted by Gasteiger charge is -1.98. The first kappa shape index (κ1) is 8.41. The summed E-state index contributed by atoms with van der Waals surface area (Å²) < 4.78 is 1.60. The van der Waals surface area contributed by atoms with Crippen LogP contribution < -0.4 is 0 Å². The Morgan fingerprint density at radius 1 is 1.75 bits per heavy atom. The molecule has 0 saturated carbocycles. The molecule has 62 valence electrons. The smallest absolute Gasteiger partial charge is 0.352 e. The van der Waals surface area contributed by atoms with E-state index in [0.717, 1.165) is 0 Å². The molecule has 0 aliphatic carbocycles. The molecule has 12 heavy (non-hydrogen) atoms. The van der Waals surface area contributed by atoms with E-state index in [2.05, 4.69) is 11.8 Å².